The van der Waals surface area contributed by atoms with Crippen molar-refractivity contribution in [2.45, 2.75) is 0 Å². The van der Waals surface area contributed by atoms with Crippen LogP contribution in [0.5, 0.6) is 0 Å². The molecular weight excluding hydrogens is 308 g/mol. The van der Waals surface area contributed by atoms with Crippen LogP contribution in [0.15, 0.2) is 54.7 Å². The fraction of sp³-hybridized carbons (Fsp3) is 0.0588. The molecule has 0 bridgehead atoms. The zero-order valence-corrected chi connectivity index (χ0v) is 13.4. The lowest BCUT2D eigenvalue weighted by Gasteiger charge is -2.09. The molecule has 0 unspecified atom stereocenters. The third kappa shape index (κ3) is 3.32. The van der Waals surface area contributed by atoms with Crippen LogP contribution in [0.2, 0.25) is 0 Å². The summed E-state index contributed by atoms with van der Waals surface area (Å²) in [7, 11) is 1.98. The molecule has 6 heteroatoms. The lowest BCUT2D eigenvalue weighted by Crippen LogP contribution is -2.19. The van der Waals surface area contributed by atoms with Crippen LogP contribution in [-0.2, 0) is 7.05 Å². The number of carbonyl (C=O) groups is 1. The number of benzene rings is 2. The highest BCUT2D eigenvalue weighted by molar-refractivity contribution is 7.80. The Morgan fingerprint density at radius 3 is 2.57 bits per heavy atom. The van der Waals surface area contributed by atoms with Crippen LogP contribution >= 0.6 is 12.2 Å². The van der Waals surface area contributed by atoms with Crippen molar-refractivity contribution in [3.05, 3.63) is 60.3 Å². The van der Waals surface area contributed by atoms with E-state index in [1.165, 1.54) is 0 Å². The Bertz CT molecular complexity index is 900. The number of nitrogens with two attached hydrogens (primary N) is 1. The average Bonchev–Trinajstić information content (AvgIpc) is 2.88. The molecule has 0 saturated carbocycles. The van der Waals surface area contributed by atoms with Gasteiger partial charge in [0.15, 0.2) is 0 Å². The van der Waals surface area contributed by atoms with E-state index < -0.39 is 0 Å². The van der Waals surface area contributed by atoms with Crippen molar-refractivity contribution in [1.29, 1.82) is 0 Å². The lowest BCUT2D eigenvalue weighted by molar-refractivity contribution is 0.262. The van der Waals surface area contributed by atoms with Crippen LogP contribution in [0.4, 0.5) is 16.2 Å². The van der Waals surface area contributed by atoms with Crippen LogP contribution in [-0.4, -0.2) is 15.6 Å². The Labute approximate surface area is 139 Å². The number of hydrogen-bond acceptors (Lipinski definition) is 2. The molecule has 0 spiro atoms. The number of anilines is 2. The highest BCUT2D eigenvalue weighted by Crippen LogP contribution is 2.20. The number of rotatable bonds is 3. The molecule has 1 heterocycles. The van der Waals surface area contributed by atoms with Gasteiger partial charge in [-0.3, -0.25) is 0 Å². The molecule has 3 aromatic rings. The molecule has 4 N–H and O–H groups in total. The van der Waals surface area contributed by atoms with E-state index in [1.54, 1.807) is 24.3 Å². The summed E-state index contributed by atoms with van der Waals surface area (Å²) in [4.78, 5) is 12.4. The first kappa shape index (κ1) is 15.1. The molecule has 2 aromatic carbocycles. The summed E-state index contributed by atoms with van der Waals surface area (Å²) >= 11 is 4.93. The summed E-state index contributed by atoms with van der Waals surface area (Å²) in [6, 6.07) is 14.6. The molecule has 1 aromatic heterocycles. The van der Waals surface area contributed by atoms with Gasteiger partial charge in [0.05, 0.1) is 0 Å². The van der Waals surface area contributed by atoms with Crippen molar-refractivity contribution < 1.29 is 4.79 Å². The van der Waals surface area contributed by atoms with E-state index in [2.05, 4.69) is 10.6 Å². The van der Waals surface area contributed by atoms with Gasteiger partial charge in [0, 0.05) is 41.1 Å². The predicted molar refractivity (Wildman–Crippen MR) is 97.9 cm³/mol. The molecule has 3 rings (SSSR count). The number of thiocarbonyl (C=S) groups is 1. The number of carbonyl (C=O) groups excluding carboxylic acids is 1. The second kappa shape index (κ2) is 6.10. The molecule has 23 heavy (non-hydrogen) atoms. The summed E-state index contributed by atoms with van der Waals surface area (Å²) in [6.45, 7) is 0. The minimum atomic E-state index is -0.319. The van der Waals surface area contributed by atoms with Gasteiger partial charge in [-0.1, -0.05) is 24.4 Å². The normalized spacial score (nSPS) is 10.5. The molecule has 0 radical (unpaired) electrons. The maximum atomic E-state index is 12.1. The number of aromatic nitrogens is 1. The number of hydrogen-bond donors (Lipinski definition) is 3. The largest absolute Gasteiger partial charge is 0.389 e. The molecule has 0 aliphatic carbocycles. The fourth-order valence-corrected chi connectivity index (χ4v) is 2.53. The van der Waals surface area contributed by atoms with Gasteiger partial charge in [0.25, 0.3) is 0 Å². The van der Waals surface area contributed by atoms with E-state index in [-0.39, 0.29) is 6.03 Å². The minimum absolute atomic E-state index is 0.295. The molecule has 2 amide bonds. The summed E-state index contributed by atoms with van der Waals surface area (Å²) in [5, 5.41) is 6.66. The maximum absolute atomic E-state index is 12.1. The van der Waals surface area contributed by atoms with Crippen molar-refractivity contribution in [3.63, 3.8) is 0 Å². The first-order valence-electron chi connectivity index (χ1n) is 7.06. The van der Waals surface area contributed by atoms with Crippen LogP contribution in [0.3, 0.4) is 0 Å². The molecule has 0 aliphatic heterocycles. The van der Waals surface area contributed by atoms with Crippen molar-refractivity contribution in [2.75, 3.05) is 10.6 Å². The molecule has 0 aliphatic rings. The Kier molecular flexibility index (Phi) is 3.99. The number of aryl methyl sites for hydroxylation is 1. The second-order valence-corrected chi connectivity index (χ2v) is 5.66. The Morgan fingerprint density at radius 2 is 1.83 bits per heavy atom. The van der Waals surface area contributed by atoms with Crippen LogP contribution in [0.25, 0.3) is 10.9 Å². The van der Waals surface area contributed by atoms with Crippen LogP contribution in [0, 0.1) is 0 Å². The predicted octanol–water partition coefficient (Wildman–Crippen LogP) is 3.46. The standard InChI is InChI=1S/C17H16N4OS/c1-21-8-7-11-9-14(5-6-15(11)21)20-17(22)19-13-4-2-3-12(10-13)16(18)23/h2-10H,1H3,(H2,18,23)(H2,19,20,22). The number of fused-ring (bicyclic) bond motifs is 1. The van der Waals surface area contributed by atoms with Gasteiger partial charge >= 0.3 is 6.03 Å². The minimum Gasteiger partial charge on any atom is -0.389 e. The van der Waals surface area contributed by atoms with Gasteiger partial charge in [-0.15, -0.1) is 0 Å². The number of urea groups is 1. The van der Waals surface area contributed by atoms with Crippen molar-refractivity contribution in [3.8, 4) is 0 Å². The molecule has 0 atom stereocenters. The number of nitrogens with one attached hydrogen (secondary N) is 2. The van der Waals surface area contributed by atoms with E-state index >= 15 is 0 Å². The van der Waals surface area contributed by atoms with E-state index in [0.717, 1.165) is 16.6 Å². The van der Waals surface area contributed by atoms with E-state index in [1.807, 2.05) is 42.1 Å². The summed E-state index contributed by atoms with van der Waals surface area (Å²) in [5.41, 5.74) is 8.78. The first-order valence-corrected chi connectivity index (χ1v) is 7.47. The summed E-state index contributed by atoms with van der Waals surface area (Å²) in [6.07, 6.45) is 1.98. The smallest absolute Gasteiger partial charge is 0.323 e. The van der Waals surface area contributed by atoms with Gasteiger partial charge in [-0.2, -0.15) is 0 Å². The Balaban J connectivity index is 1.73. The summed E-state index contributed by atoms with van der Waals surface area (Å²) < 4.78 is 2.03. The van der Waals surface area contributed by atoms with Gasteiger partial charge in [-0.25, -0.2) is 4.79 Å². The van der Waals surface area contributed by atoms with Gasteiger partial charge in [0.2, 0.25) is 0 Å². The Hall–Kier alpha value is -2.86. The average molecular weight is 324 g/mol. The first-order chi connectivity index (χ1) is 11.0. The van der Waals surface area contributed by atoms with Crippen molar-refractivity contribution in [2.24, 2.45) is 12.8 Å². The van der Waals surface area contributed by atoms with Crippen LogP contribution < -0.4 is 16.4 Å². The third-order valence-corrected chi connectivity index (χ3v) is 3.78. The van der Waals surface area contributed by atoms with Gasteiger partial charge < -0.3 is 20.9 Å². The zero-order valence-electron chi connectivity index (χ0n) is 12.5. The molecule has 116 valence electrons. The lowest BCUT2D eigenvalue weighted by atomic mass is 10.2. The fourth-order valence-electron chi connectivity index (χ4n) is 2.40. The van der Waals surface area contributed by atoms with E-state index in [0.29, 0.717) is 16.2 Å². The highest BCUT2D eigenvalue weighted by atomic mass is 32.1. The third-order valence-electron chi connectivity index (χ3n) is 3.55. The molecular formula is C17H16N4OS. The maximum Gasteiger partial charge on any atom is 0.323 e. The van der Waals surface area contributed by atoms with Gasteiger partial charge in [0.1, 0.15) is 4.99 Å². The van der Waals surface area contributed by atoms with Crippen molar-refractivity contribution in [1.82, 2.24) is 4.57 Å². The quantitative estimate of drug-likeness (QED) is 0.646. The van der Waals surface area contributed by atoms with E-state index in [4.69, 9.17) is 18.0 Å². The second-order valence-electron chi connectivity index (χ2n) is 5.22. The highest BCUT2D eigenvalue weighted by Gasteiger charge is 2.06. The monoisotopic (exact) mass is 324 g/mol. The van der Waals surface area contributed by atoms with Crippen LogP contribution in [0.1, 0.15) is 5.56 Å². The van der Waals surface area contributed by atoms with Crippen molar-refractivity contribution >= 4 is 45.5 Å². The SMILES string of the molecule is Cn1ccc2cc(NC(=O)Nc3cccc(C(N)=S)c3)ccc21. The molecule has 0 saturated heterocycles. The number of nitrogens with zero attached hydrogens (tertiary/aromatic N) is 1. The van der Waals surface area contributed by atoms with Gasteiger partial charge in [-0.05, 0) is 36.4 Å². The Morgan fingerprint density at radius 1 is 1.09 bits per heavy atom. The topological polar surface area (TPSA) is 72.1 Å². The van der Waals surface area contributed by atoms with E-state index in [9.17, 15) is 4.79 Å². The summed E-state index contributed by atoms with van der Waals surface area (Å²) in [5.74, 6) is 0. The number of amides is 2. The zero-order chi connectivity index (χ0) is 16.4. The molecule has 0 fully saturated rings. The molecule has 5 nitrogen and oxygen atoms in total.